The molecule has 3 N–H and O–H groups in total. The average molecular weight is 329 g/mol. The third-order valence-corrected chi connectivity index (χ3v) is 3.28. The molecule has 1 heterocycles. The van der Waals surface area contributed by atoms with E-state index in [-0.39, 0.29) is 5.91 Å². The van der Waals surface area contributed by atoms with Gasteiger partial charge in [-0.2, -0.15) is 0 Å². The number of nitrogens with one attached hydrogen (secondary N) is 3. The fourth-order valence-electron chi connectivity index (χ4n) is 1.82. The molecule has 0 atom stereocenters. The van der Waals surface area contributed by atoms with Gasteiger partial charge < -0.3 is 9.73 Å². The second-order valence-corrected chi connectivity index (χ2v) is 5.60. The Morgan fingerprint density at radius 2 is 1.91 bits per heavy atom. The van der Waals surface area contributed by atoms with Crippen LogP contribution in [0.5, 0.6) is 0 Å². The van der Waals surface area contributed by atoms with Crippen molar-refractivity contribution in [3.05, 3.63) is 60.1 Å². The Labute approximate surface area is 140 Å². The Kier molecular flexibility index (Phi) is 5.94. The van der Waals surface area contributed by atoms with Gasteiger partial charge in [-0.3, -0.25) is 15.6 Å². The highest BCUT2D eigenvalue weighted by Crippen LogP contribution is 2.16. The maximum Gasteiger partial charge on any atom is 0.262 e. The van der Waals surface area contributed by atoms with Crippen molar-refractivity contribution in [2.24, 2.45) is 0 Å². The second kappa shape index (κ2) is 8.14. The lowest BCUT2D eigenvalue weighted by atomic mass is 10.0. The van der Waals surface area contributed by atoms with Crippen LogP contribution >= 0.6 is 12.2 Å². The molecule has 1 aromatic carbocycles. The number of thiocarbonyl (C=S) groups is 1. The number of benzene rings is 1. The summed E-state index contributed by atoms with van der Waals surface area (Å²) in [6, 6.07) is 11.5. The predicted molar refractivity (Wildman–Crippen MR) is 95.8 cm³/mol. The number of hydrogen-bond acceptors (Lipinski definition) is 3. The maximum absolute atomic E-state index is 11.6. The molecule has 0 radical (unpaired) electrons. The molecule has 5 nitrogen and oxygen atoms in total. The van der Waals surface area contributed by atoms with Gasteiger partial charge in [0, 0.05) is 11.8 Å². The summed E-state index contributed by atoms with van der Waals surface area (Å²) in [6.07, 6.45) is 4.46. The van der Waals surface area contributed by atoms with Crippen LogP contribution in [0.2, 0.25) is 0 Å². The molecule has 0 fully saturated rings. The van der Waals surface area contributed by atoms with E-state index in [4.69, 9.17) is 16.6 Å². The van der Waals surface area contributed by atoms with Gasteiger partial charge in [-0.05, 0) is 54.0 Å². The summed E-state index contributed by atoms with van der Waals surface area (Å²) < 4.78 is 5.09. The monoisotopic (exact) mass is 329 g/mol. The van der Waals surface area contributed by atoms with Crippen LogP contribution in [0, 0.1) is 0 Å². The number of furan rings is 1. The van der Waals surface area contributed by atoms with Crippen molar-refractivity contribution in [2.75, 3.05) is 5.32 Å². The van der Waals surface area contributed by atoms with Gasteiger partial charge in [0.2, 0.25) is 0 Å². The summed E-state index contributed by atoms with van der Waals surface area (Å²) in [5, 5.41) is 3.30. The van der Waals surface area contributed by atoms with Crippen molar-refractivity contribution >= 4 is 35.0 Å². The molecule has 120 valence electrons. The molecule has 0 spiro atoms. The van der Waals surface area contributed by atoms with Gasteiger partial charge in [-0.1, -0.05) is 26.0 Å². The third kappa shape index (κ3) is 5.60. The van der Waals surface area contributed by atoms with Gasteiger partial charge >= 0.3 is 0 Å². The maximum atomic E-state index is 11.6. The molecule has 1 aromatic heterocycles. The minimum absolute atomic E-state index is 0.307. The first-order valence-electron chi connectivity index (χ1n) is 7.23. The molecular formula is C17H19N3O2S. The zero-order valence-corrected chi connectivity index (χ0v) is 13.8. The highest BCUT2D eigenvalue weighted by molar-refractivity contribution is 7.80. The molecule has 0 aliphatic carbocycles. The Balaban J connectivity index is 1.77. The molecule has 6 heteroatoms. The van der Waals surface area contributed by atoms with Crippen molar-refractivity contribution < 1.29 is 9.21 Å². The molecule has 0 saturated heterocycles. The minimum atomic E-state index is -0.333. The van der Waals surface area contributed by atoms with Crippen LogP contribution in [0.1, 0.15) is 31.1 Å². The second-order valence-electron chi connectivity index (χ2n) is 5.19. The van der Waals surface area contributed by atoms with Gasteiger partial charge in [0.25, 0.3) is 5.91 Å². The fourth-order valence-corrected chi connectivity index (χ4v) is 1.99. The first-order valence-corrected chi connectivity index (χ1v) is 7.64. The van der Waals surface area contributed by atoms with Crippen molar-refractivity contribution in [3.8, 4) is 0 Å². The van der Waals surface area contributed by atoms with Gasteiger partial charge in [-0.25, -0.2) is 0 Å². The average Bonchev–Trinajstić information content (AvgIpc) is 3.05. The van der Waals surface area contributed by atoms with Gasteiger partial charge in [0.1, 0.15) is 5.76 Å². The summed E-state index contributed by atoms with van der Waals surface area (Å²) in [5.74, 6) is 0.751. The van der Waals surface area contributed by atoms with E-state index in [1.54, 1.807) is 24.5 Å². The van der Waals surface area contributed by atoms with Crippen LogP contribution in [0.4, 0.5) is 5.69 Å². The summed E-state index contributed by atoms with van der Waals surface area (Å²) in [7, 11) is 0. The first-order chi connectivity index (χ1) is 11.0. The molecule has 23 heavy (non-hydrogen) atoms. The van der Waals surface area contributed by atoms with Gasteiger partial charge in [-0.15, -0.1) is 0 Å². The molecule has 0 unspecified atom stereocenters. The fraction of sp³-hybridized carbons (Fsp3) is 0.176. The van der Waals surface area contributed by atoms with E-state index in [1.807, 2.05) is 24.3 Å². The van der Waals surface area contributed by atoms with Crippen LogP contribution in [0.15, 0.2) is 53.2 Å². The van der Waals surface area contributed by atoms with E-state index < -0.39 is 0 Å². The molecule has 0 aliphatic rings. The third-order valence-electron chi connectivity index (χ3n) is 3.08. The van der Waals surface area contributed by atoms with E-state index in [0.717, 1.165) is 5.69 Å². The number of amides is 1. The Morgan fingerprint density at radius 1 is 1.17 bits per heavy atom. The Hall–Kier alpha value is -2.60. The largest absolute Gasteiger partial charge is 0.465 e. The van der Waals surface area contributed by atoms with Crippen LogP contribution in [0.25, 0.3) is 6.08 Å². The number of hydrazine groups is 1. The molecule has 1 amide bonds. The van der Waals surface area contributed by atoms with Crippen molar-refractivity contribution in [3.63, 3.8) is 0 Å². The smallest absolute Gasteiger partial charge is 0.262 e. The standard InChI is InChI=1S/C17H19N3O2S/c1-12(2)13-5-7-14(8-6-13)18-17(23)20-19-16(21)10-9-15-4-3-11-22-15/h3-12H,1-2H3,(H,19,21)(H2,18,20,23)/b10-9+. The summed E-state index contributed by atoms with van der Waals surface area (Å²) in [4.78, 5) is 11.6. The lowest BCUT2D eigenvalue weighted by Gasteiger charge is -2.11. The number of carbonyl (C=O) groups is 1. The normalized spacial score (nSPS) is 10.7. The van der Waals surface area contributed by atoms with Gasteiger partial charge in [0.15, 0.2) is 5.11 Å². The Bertz CT molecular complexity index is 676. The number of carbonyl (C=O) groups excluding carboxylic acids is 1. The molecular weight excluding hydrogens is 310 g/mol. The lowest BCUT2D eigenvalue weighted by molar-refractivity contribution is -0.116. The number of anilines is 1. The van der Waals surface area contributed by atoms with E-state index in [1.165, 1.54) is 11.6 Å². The van der Waals surface area contributed by atoms with Crippen LogP contribution in [-0.2, 0) is 4.79 Å². The van der Waals surface area contributed by atoms with E-state index >= 15 is 0 Å². The van der Waals surface area contributed by atoms with Crippen molar-refractivity contribution in [1.29, 1.82) is 0 Å². The van der Waals surface area contributed by atoms with Crippen LogP contribution in [-0.4, -0.2) is 11.0 Å². The quantitative estimate of drug-likeness (QED) is 0.455. The van der Waals surface area contributed by atoms with Gasteiger partial charge in [0.05, 0.1) is 6.26 Å². The van der Waals surface area contributed by atoms with E-state index in [0.29, 0.717) is 16.8 Å². The first kappa shape index (κ1) is 16.8. The highest BCUT2D eigenvalue weighted by atomic mass is 32.1. The topological polar surface area (TPSA) is 66.3 Å². The lowest BCUT2D eigenvalue weighted by Crippen LogP contribution is -2.43. The summed E-state index contributed by atoms with van der Waals surface area (Å²) >= 11 is 5.12. The Morgan fingerprint density at radius 3 is 2.52 bits per heavy atom. The molecule has 0 aliphatic heterocycles. The number of rotatable bonds is 4. The molecule has 0 bridgehead atoms. The minimum Gasteiger partial charge on any atom is -0.465 e. The molecule has 2 aromatic rings. The van der Waals surface area contributed by atoms with Crippen molar-refractivity contribution in [2.45, 2.75) is 19.8 Å². The zero-order valence-electron chi connectivity index (χ0n) is 13.0. The van der Waals surface area contributed by atoms with E-state index in [2.05, 4.69) is 30.0 Å². The van der Waals surface area contributed by atoms with E-state index in [9.17, 15) is 4.79 Å². The summed E-state index contributed by atoms with van der Waals surface area (Å²) in [5.41, 5.74) is 7.22. The van der Waals surface area contributed by atoms with Crippen molar-refractivity contribution in [1.82, 2.24) is 10.9 Å². The highest BCUT2D eigenvalue weighted by Gasteiger charge is 2.01. The van der Waals surface area contributed by atoms with Crippen LogP contribution < -0.4 is 16.2 Å². The summed E-state index contributed by atoms with van der Waals surface area (Å²) in [6.45, 7) is 4.28. The van der Waals surface area contributed by atoms with Crippen LogP contribution in [0.3, 0.4) is 0 Å². The predicted octanol–water partition coefficient (Wildman–Crippen LogP) is 3.43. The molecule has 2 rings (SSSR count). The molecule has 0 saturated carbocycles. The SMILES string of the molecule is CC(C)c1ccc(NC(=S)NNC(=O)/C=C/c2ccco2)cc1. The number of hydrogen-bond donors (Lipinski definition) is 3. The zero-order chi connectivity index (χ0) is 16.7.